The number of alkyl halides is 3. The second kappa shape index (κ2) is 6.30. The molecule has 1 aliphatic carbocycles. The minimum Gasteiger partial charge on any atom is -0.478 e. The first-order valence-electron chi connectivity index (χ1n) is 8.43. The number of aromatic carboxylic acids is 1. The van der Waals surface area contributed by atoms with Crippen LogP contribution >= 0.6 is 11.6 Å². The summed E-state index contributed by atoms with van der Waals surface area (Å²) in [5.41, 5.74) is 1.28. The second-order valence-corrected chi connectivity index (χ2v) is 7.23. The molecule has 0 radical (unpaired) electrons. The van der Waals surface area contributed by atoms with Crippen LogP contribution in [0.5, 0.6) is 0 Å². The topological polar surface area (TPSA) is 49.3 Å². The highest BCUT2D eigenvalue weighted by Gasteiger charge is 2.40. The molecule has 0 saturated heterocycles. The van der Waals surface area contributed by atoms with Crippen molar-refractivity contribution in [1.29, 1.82) is 0 Å². The summed E-state index contributed by atoms with van der Waals surface area (Å²) in [5.74, 6) is -1.18. The number of anilines is 1. The molecule has 0 fully saturated rings. The van der Waals surface area contributed by atoms with Crippen LogP contribution in [-0.2, 0) is 6.18 Å². The molecule has 27 heavy (non-hydrogen) atoms. The zero-order chi connectivity index (χ0) is 19.3. The lowest BCUT2D eigenvalue weighted by Crippen LogP contribution is -2.29. The van der Waals surface area contributed by atoms with E-state index in [9.17, 15) is 23.1 Å². The Morgan fingerprint density at radius 3 is 2.70 bits per heavy atom. The van der Waals surface area contributed by atoms with Gasteiger partial charge in [0.25, 0.3) is 0 Å². The van der Waals surface area contributed by atoms with Gasteiger partial charge in [0.15, 0.2) is 0 Å². The van der Waals surface area contributed by atoms with Gasteiger partial charge < -0.3 is 10.4 Å². The van der Waals surface area contributed by atoms with Crippen molar-refractivity contribution >= 4 is 23.3 Å². The summed E-state index contributed by atoms with van der Waals surface area (Å²) < 4.78 is 39.4. The molecule has 2 N–H and O–H groups in total. The van der Waals surface area contributed by atoms with Crippen molar-refractivity contribution in [2.75, 3.05) is 5.32 Å². The van der Waals surface area contributed by atoms with E-state index in [0.717, 1.165) is 17.7 Å². The monoisotopic (exact) mass is 393 g/mol. The molecule has 0 bridgehead atoms. The maximum absolute atomic E-state index is 13.1. The third-order valence-corrected chi connectivity index (χ3v) is 5.54. The number of carbonyl (C=O) groups is 1. The number of fused-ring (bicyclic) bond motifs is 3. The number of hydrogen-bond donors (Lipinski definition) is 2. The normalized spacial score (nSPS) is 23.5. The van der Waals surface area contributed by atoms with Crippen molar-refractivity contribution in [1.82, 2.24) is 0 Å². The lowest BCUT2D eigenvalue weighted by atomic mass is 9.76. The van der Waals surface area contributed by atoms with E-state index >= 15 is 0 Å². The van der Waals surface area contributed by atoms with Crippen molar-refractivity contribution in [3.63, 3.8) is 0 Å². The Balaban J connectivity index is 1.80. The largest absolute Gasteiger partial charge is 0.478 e. The van der Waals surface area contributed by atoms with Gasteiger partial charge in [0, 0.05) is 5.92 Å². The summed E-state index contributed by atoms with van der Waals surface area (Å²) in [6.07, 6.45) is 0.234. The van der Waals surface area contributed by atoms with Crippen molar-refractivity contribution < 1.29 is 23.1 Å². The Labute approximate surface area is 158 Å². The number of allylic oxidation sites excluding steroid dienone is 2. The Morgan fingerprint density at radius 2 is 2.00 bits per heavy atom. The molecular formula is C20H15ClF3NO2. The molecule has 3 unspecified atom stereocenters. The highest BCUT2D eigenvalue weighted by molar-refractivity contribution is 6.33. The third-order valence-electron chi connectivity index (χ3n) is 5.24. The van der Waals surface area contributed by atoms with Gasteiger partial charge in [-0.05, 0) is 47.7 Å². The van der Waals surface area contributed by atoms with Crippen LogP contribution in [0.25, 0.3) is 0 Å². The maximum atomic E-state index is 13.1. The average molecular weight is 394 g/mol. The predicted molar refractivity (Wildman–Crippen MR) is 96.2 cm³/mol. The van der Waals surface area contributed by atoms with E-state index in [1.807, 2.05) is 12.2 Å². The van der Waals surface area contributed by atoms with E-state index < -0.39 is 17.7 Å². The lowest BCUT2D eigenvalue weighted by molar-refractivity contribution is -0.137. The molecule has 1 heterocycles. The van der Waals surface area contributed by atoms with Crippen molar-refractivity contribution in [3.8, 4) is 0 Å². The van der Waals surface area contributed by atoms with Gasteiger partial charge >= 0.3 is 12.1 Å². The molecule has 3 nitrogen and oxygen atoms in total. The molecule has 2 aromatic carbocycles. The van der Waals surface area contributed by atoms with E-state index in [-0.39, 0.29) is 28.5 Å². The van der Waals surface area contributed by atoms with Gasteiger partial charge in [-0.2, -0.15) is 13.2 Å². The minimum absolute atomic E-state index is 0.0129. The first-order chi connectivity index (χ1) is 12.8. The summed E-state index contributed by atoms with van der Waals surface area (Å²) in [4.78, 5) is 11.3. The summed E-state index contributed by atoms with van der Waals surface area (Å²) in [6.45, 7) is 0. The van der Waals surface area contributed by atoms with Crippen LogP contribution in [0.4, 0.5) is 18.9 Å². The zero-order valence-electron chi connectivity index (χ0n) is 13.9. The van der Waals surface area contributed by atoms with Gasteiger partial charge in [-0.25, -0.2) is 4.79 Å². The van der Waals surface area contributed by atoms with Crippen LogP contribution < -0.4 is 5.32 Å². The van der Waals surface area contributed by atoms with Gasteiger partial charge in [-0.15, -0.1) is 0 Å². The van der Waals surface area contributed by atoms with Crippen molar-refractivity contribution in [3.05, 3.63) is 75.8 Å². The SMILES string of the molecule is O=C(O)c1cc(Cl)c2c(c1)C1C=CCC1C(c1cccc(C(F)(F)F)c1)N2. The smallest absolute Gasteiger partial charge is 0.416 e. The quantitative estimate of drug-likeness (QED) is 0.626. The molecule has 0 saturated carbocycles. The first kappa shape index (κ1) is 17.9. The number of carboxylic acid groups (broad SMARTS) is 1. The van der Waals surface area contributed by atoms with Crippen LogP contribution in [0.3, 0.4) is 0 Å². The summed E-state index contributed by atoms with van der Waals surface area (Å²) >= 11 is 6.31. The van der Waals surface area contributed by atoms with Crippen LogP contribution in [-0.4, -0.2) is 11.1 Å². The standard InChI is InChI=1S/C20H15ClF3NO2/c21-16-9-11(19(26)27)8-15-13-5-2-6-14(13)17(25-18(15)16)10-3-1-4-12(7-10)20(22,23)24/h1-5,7-9,13-14,17,25H,6H2,(H,26,27). The molecule has 3 atom stereocenters. The van der Waals surface area contributed by atoms with Gasteiger partial charge in [-0.1, -0.05) is 35.9 Å². The molecule has 2 aromatic rings. The molecule has 4 rings (SSSR count). The van der Waals surface area contributed by atoms with Crippen LogP contribution in [0.15, 0.2) is 48.6 Å². The Bertz CT molecular complexity index is 955. The molecular weight excluding hydrogens is 379 g/mol. The lowest BCUT2D eigenvalue weighted by Gasteiger charge is -2.38. The van der Waals surface area contributed by atoms with Gasteiger partial charge in [0.05, 0.1) is 27.9 Å². The van der Waals surface area contributed by atoms with Gasteiger partial charge in [-0.3, -0.25) is 0 Å². The number of rotatable bonds is 2. The molecule has 2 aliphatic rings. The van der Waals surface area contributed by atoms with Gasteiger partial charge in [0.2, 0.25) is 0 Å². The van der Waals surface area contributed by atoms with E-state index in [2.05, 4.69) is 5.32 Å². The number of nitrogens with one attached hydrogen (secondary N) is 1. The van der Waals surface area contributed by atoms with E-state index in [4.69, 9.17) is 11.6 Å². The van der Waals surface area contributed by atoms with Crippen LogP contribution in [0, 0.1) is 5.92 Å². The average Bonchev–Trinajstić information content (AvgIpc) is 3.10. The Kier molecular flexibility index (Phi) is 4.18. The molecule has 140 valence electrons. The fourth-order valence-corrected chi connectivity index (χ4v) is 4.30. The fourth-order valence-electron chi connectivity index (χ4n) is 4.02. The van der Waals surface area contributed by atoms with Crippen molar-refractivity contribution in [2.45, 2.75) is 24.6 Å². The Hall–Kier alpha value is -2.47. The summed E-state index contributed by atoms with van der Waals surface area (Å²) in [5, 5.41) is 12.8. The van der Waals surface area contributed by atoms with Crippen LogP contribution in [0.1, 0.15) is 45.4 Å². The predicted octanol–water partition coefficient (Wildman–Crippen LogP) is 5.88. The highest BCUT2D eigenvalue weighted by Crippen LogP contribution is 2.52. The zero-order valence-corrected chi connectivity index (χ0v) is 14.7. The summed E-state index contributed by atoms with van der Waals surface area (Å²) in [6, 6.07) is 7.89. The fraction of sp³-hybridized carbons (Fsp3) is 0.250. The van der Waals surface area contributed by atoms with Gasteiger partial charge in [0.1, 0.15) is 0 Å². The highest BCUT2D eigenvalue weighted by atomic mass is 35.5. The third kappa shape index (κ3) is 3.08. The van der Waals surface area contributed by atoms with E-state index in [0.29, 0.717) is 17.7 Å². The van der Waals surface area contributed by atoms with E-state index in [1.165, 1.54) is 12.1 Å². The molecule has 0 aromatic heterocycles. The van der Waals surface area contributed by atoms with Crippen LogP contribution in [0.2, 0.25) is 5.02 Å². The van der Waals surface area contributed by atoms with Crippen molar-refractivity contribution in [2.24, 2.45) is 5.92 Å². The summed E-state index contributed by atoms with van der Waals surface area (Å²) in [7, 11) is 0. The minimum atomic E-state index is -4.41. The molecule has 1 aliphatic heterocycles. The number of halogens is 4. The number of hydrogen-bond acceptors (Lipinski definition) is 2. The Morgan fingerprint density at radius 1 is 1.22 bits per heavy atom. The molecule has 7 heteroatoms. The molecule has 0 spiro atoms. The number of benzene rings is 2. The van der Waals surface area contributed by atoms with E-state index in [1.54, 1.807) is 12.1 Å². The first-order valence-corrected chi connectivity index (χ1v) is 8.80. The number of carboxylic acids is 1. The molecule has 0 amide bonds. The second-order valence-electron chi connectivity index (χ2n) is 6.83. The maximum Gasteiger partial charge on any atom is 0.416 e.